The minimum atomic E-state index is -0.657. The standard InChI is InChI=1S/C19H27NO6/c1-3-25-19(23)15-5-4-6-17(11-15)26-13-16(21)12-20-9-7-14(8-10-20)18(22)24-2/h4-6,11,14,16,21H,3,7-10,12-13H2,1-2H3/t16-/m1/s1. The summed E-state index contributed by atoms with van der Waals surface area (Å²) in [6.45, 7) is 4.16. The number of benzene rings is 1. The molecule has 7 nitrogen and oxygen atoms in total. The van der Waals surface area contributed by atoms with Crippen molar-refractivity contribution in [2.24, 2.45) is 5.92 Å². The van der Waals surface area contributed by atoms with Gasteiger partial charge in [0.2, 0.25) is 0 Å². The molecular weight excluding hydrogens is 338 g/mol. The Morgan fingerprint density at radius 3 is 2.69 bits per heavy atom. The number of nitrogens with zero attached hydrogens (tertiary/aromatic N) is 1. The Labute approximate surface area is 153 Å². The molecule has 2 rings (SSSR count). The van der Waals surface area contributed by atoms with Crippen molar-refractivity contribution in [3.63, 3.8) is 0 Å². The van der Waals surface area contributed by atoms with Crippen molar-refractivity contribution in [1.82, 2.24) is 4.90 Å². The zero-order valence-electron chi connectivity index (χ0n) is 15.3. The maximum Gasteiger partial charge on any atom is 0.338 e. The molecule has 1 aromatic carbocycles. The third-order valence-corrected chi connectivity index (χ3v) is 4.38. The Hall–Kier alpha value is -2.12. The molecule has 1 aliphatic rings. The maximum atomic E-state index is 11.7. The number of carbonyl (C=O) groups is 2. The van der Waals surface area contributed by atoms with Crippen LogP contribution in [-0.2, 0) is 14.3 Å². The largest absolute Gasteiger partial charge is 0.491 e. The first kappa shape index (κ1) is 20.2. The van der Waals surface area contributed by atoms with Gasteiger partial charge in [0.15, 0.2) is 0 Å². The molecule has 0 amide bonds. The molecule has 7 heteroatoms. The molecule has 0 radical (unpaired) electrons. The highest BCUT2D eigenvalue weighted by molar-refractivity contribution is 5.89. The van der Waals surface area contributed by atoms with Crippen molar-refractivity contribution in [1.29, 1.82) is 0 Å². The van der Waals surface area contributed by atoms with E-state index in [-0.39, 0.29) is 18.5 Å². The lowest BCUT2D eigenvalue weighted by atomic mass is 9.97. The zero-order chi connectivity index (χ0) is 18.9. The number of rotatable bonds is 8. The molecule has 1 N–H and O–H groups in total. The SMILES string of the molecule is CCOC(=O)c1cccc(OC[C@H](O)CN2CCC(C(=O)OC)CC2)c1. The summed E-state index contributed by atoms with van der Waals surface area (Å²) in [5.74, 6) is -0.0868. The molecule has 0 unspecified atom stereocenters. The van der Waals surface area contributed by atoms with Crippen LogP contribution in [0.15, 0.2) is 24.3 Å². The molecule has 26 heavy (non-hydrogen) atoms. The number of carbonyl (C=O) groups excluding carboxylic acids is 2. The normalized spacial score (nSPS) is 16.7. The number of likely N-dealkylation sites (tertiary alicyclic amines) is 1. The summed E-state index contributed by atoms with van der Waals surface area (Å²) in [7, 11) is 1.41. The van der Waals surface area contributed by atoms with E-state index in [2.05, 4.69) is 4.90 Å². The second kappa shape index (κ2) is 10.1. The number of β-amino-alcohol motifs (C(OH)–C–C–N with tert-alkyl or cyclic N) is 1. The number of piperidine rings is 1. The van der Waals surface area contributed by atoms with Gasteiger partial charge in [0.25, 0.3) is 0 Å². The van der Waals surface area contributed by atoms with E-state index in [1.165, 1.54) is 7.11 Å². The second-order valence-corrected chi connectivity index (χ2v) is 6.31. The molecule has 0 saturated carbocycles. The summed E-state index contributed by atoms with van der Waals surface area (Å²) in [5.41, 5.74) is 0.420. The van der Waals surface area contributed by atoms with E-state index < -0.39 is 12.1 Å². The summed E-state index contributed by atoms with van der Waals surface area (Å²) < 4.78 is 15.3. The predicted molar refractivity (Wildman–Crippen MR) is 95.1 cm³/mol. The quantitative estimate of drug-likeness (QED) is 0.699. The molecule has 1 aromatic rings. The van der Waals surface area contributed by atoms with Crippen LogP contribution < -0.4 is 4.74 Å². The van der Waals surface area contributed by atoms with Crippen molar-refractivity contribution in [3.05, 3.63) is 29.8 Å². The van der Waals surface area contributed by atoms with Crippen molar-refractivity contribution >= 4 is 11.9 Å². The average Bonchev–Trinajstić information content (AvgIpc) is 2.67. The summed E-state index contributed by atoms with van der Waals surface area (Å²) in [6.07, 6.45) is 0.819. The van der Waals surface area contributed by atoms with Crippen LogP contribution in [0.1, 0.15) is 30.1 Å². The van der Waals surface area contributed by atoms with E-state index in [4.69, 9.17) is 14.2 Å². The van der Waals surface area contributed by atoms with Crippen LogP contribution in [0.4, 0.5) is 0 Å². The van der Waals surface area contributed by atoms with Crippen LogP contribution in [0.5, 0.6) is 5.75 Å². The number of aliphatic hydroxyl groups excluding tert-OH is 1. The van der Waals surface area contributed by atoms with Crippen LogP contribution in [0.3, 0.4) is 0 Å². The lowest BCUT2D eigenvalue weighted by Gasteiger charge is -2.31. The number of methoxy groups -OCH3 is 1. The number of hydrogen-bond donors (Lipinski definition) is 1. The predicted octanol–water partition coefficient (Wildman–Crippen LogP) is 1.49. The monoisotopic (exact) mass is 365 g/mol. The third kappa shape index (κ3) is 6.00. The molecule has 1 aliphatic heterocycles. The first-order valence-electron chi connectivity index (χ1n) is 8.91. The van der Waals surface area contributed by atoms with Crippen LogP contribution in [-0.4, -0.2) is 68.0 Å². The molecule has 0 aliphatic carbocycles. The Kier molecular flexibility index (Phi) is 7.87. The van der Waals surface area contributed by atoms with E-state index in [9.17, 15) is 14.7 Å². The summed E-state index contributed by atoms with van der Waals surface area (Å²) in [5, 5.41) is 10.2. The minimum Gasteiger partial charge on any atom is -0.491 e. The molecule has 0 spiro atoms. The van der Waals surface area contributed by atoms with Crippen molar-refractivity contribution < 1.29 is 28.9 Å². The Morgan fingerprint density at radius 2 is 2.04 bits per heavy atom. The Bertz CT molecular complexity index is 597. The smallest absolute Gasteiger partial charge is 0.338 e. The fraction of sp³-hybridized carbons (Fsp3) is 0.579. The van der Waals surface area contributed by atoms with Gasteiger partial charge in [-0.15, -0.1) is 0 Å². The fourth-order valence-corrected chi connectivity index (χ4v) is 2.99. The fourth-order valence-electron chi connectivity index (χ4n) is 2.99. The van der Waals surface area contributed by atoms with Crippen molar-refractivity contribution in [3.8, 4) is 5.75 Å². The average molecular weight is 365 g/mol. The molecule has 1 saturated heterocycles. The van der Waals surface area contributed by atoms with Gasteiger partial charge in [-0.25, -0.2) is 4.79 Å². The van der Waals surface area contributed by atoms with Gasteiger partial charge < -0.3 is 24.2 Å². The first-order valence-corrected chi connectivity index (χ1v) is 8.91. The van der Waals surface area contributed by atoms with E-state index in [0.717, 1.165) is 25.9 Å². The van der Waals surface area contributed by atoms with E-state index in [1.807, 2.05) is 0 Å². The van der Waals surface area contributed by atoms with E-state index >= 15 is 0 Å². The van der Waals surface area contributed by atoms with Crippen LogP contribution >= 0.6 is 0 Å². The topological polar surface area (TPSA) is 85.3 Å². The molecule has 1 heterocycles. The number of hydrogen-bond acceptors (Lipinski definition) is 7. The highest BCUT2D eigenvalue weighted by atomic mass is 16.5. The van der Waals surface area contributed by atoms with Crippen LogP contribution in [0, 0.1) is 5.92 Å². The lowest BCUT2D eigenvalue weighted by Crippen LogP contribution is -2.42. The molecule has 0 bridgehead atoms. The van der Waals surface area contributed by atoms with Gasteiger partial charge in [0.05, 0.1) is 25.2 Å². The molecular formula is C19H27NO6. The Balaban J connectivity index is 1.75. The van der Waals surface area contributed by atoms with Gasteiger partial charge in [0.1, 0.15) is 18.5 Å². The highest BCUT2D eigenvalue weighted by Crippen LogP contribution is 2.19. The Morgan fingerprint density at radius 1 is 1.31 bits per heavy atom. The van der Waals surface area contributed by atoms with Crippen molar-refractivity contribution in [2.75, 3.05) is 40.0 Å². The van der Waals surface area contributed by atoms with E-state index in [1.54, 1.807) is 31.2 Å². The summed E-state index contributed by atoms with van der Waals surface area (Å²) >= 11 is 0. The summed E-state index contributed by atoms with van der Waals surface area (Å²) in [4.78, 5) is 25.4. The lowest BCUT2D eigenvalue weighted by molar-refractivity contribution is -0.147. The highest BCUT2D eigenvalue weighted by Gasteiger charge is 2.26. The van der Waals surface area contributed by atoms with Crippen LogP contribution in [0.2, 0.25) is 0 Å². The number of esters is 2. The van der Waals surface area contributed by atoms with Gasteiger partial charge >= 0.3 is 11.9 Å². The third-order valence-electron chi connectivity index (χ3n) is 4.38. The number of aliphatic hydroxyl groups is 1. The molecule has 144 valence electrons. The zero-order valence-corrected chi connectivity index (χ0v) is 15.3. The van der Waals surface area contributed by atoms with Gasteiger partial charge in [-0.2, -0.15) is 0 Å². The van der Waals surface area contributed by atoms with Gasteiger partial charge in [-0.1, -0.05) is 6.07 Å². The second-order valence-electron chi connectivity index (χ2n) is 6.31. The minimum absolute atomic E-state index is 0.0461. The molecule has 1 fully saturated rings. The molecule has 0 aromatic heterocycles. The molecule has 1 atom stereocenters. The summed E-state index contributed by atoms with van der Waals surface area (Å²) in [6, 6.07) is 6.71. The van der Waals surface area contributed by atoms with Crippen LogP contribution in [0.25, 0.3) is 0 Å². The maximum absolute atomic E-state index is 11.7. The van der Waals surface area contributed by atoms with Gasteiger partial charge in [-0.05, 0) is 51.1 Å². The van der Waals surface area contributed by atoms with Crippen molar-refractivity contribution in [2.45, 2.75) is 25.9 Å². The number of ether oxygens (including phenoxy) is 3. The van der Waals surface area contributed by atoms with Gasteiger partial charge in [-0.3, -0.25) is 4.79 Å². The van der Waals surface area contributed by atoms with E-state index in [0.29, 0.717) is 24.5 Å². The van der Waals surface area contributed by atoms with Gasteiger partial charge in [0, 0.05) is 6.54 Å². The first-order chi connectivity index (χ1) is 12.5.